The van der Waals surface area contributed by atoms with Gasteiger partial charge in [-0.25, -0.2) is 0 Å². The van der Waals surface area contributed by atoms with Crippen molar-refractivity contribution in [2.24, 2.45) is 0 Å². The zero-order valence-electron chi connectivity index (χ0n) is 23.8. The Morgan fingerprint density at radius 1 is 0.659 bits per heavy atom. The van der Waals surface area contributed by atoms with Crippen LogP contribution in [0.15, 0.2) is 0 Å². The van der Waals surface area contributed by atoms with Crippen LogP contribution in [0.4, 0.5) is 0 Å². The molecule has 0 amide bonds. The van der Waals surface area contributed by atoms with Crippen molar-refractivity contribution in [1.29, 1.82) is 15.8 Å². The van der Waals surface area contributed by atoms with Gasteiger partial charge in [0.05, 0.1) is 18.2 Å². The first-order chi connectivity index (χ1) is 17.9. The summed E-state index contributed by atoms with van der Waals surface area (Å²) in [6.45, 7) is 9.11. The Balaban J connectivity index is -0.0000000721. The molecule has 0 saturated carbocycles. The van der Waals surface area contributed by atoms with Gasteiger partial charge in [-0.1, -0.05) is 0 Å². The SMILES string of the molecule is CC(C)(CCC#N)[N+](=O)[O-].CC(C)(CCC#N)[N+](=O)[O-].CC(C)(CCC#N)[N+](=O)[O-].O.[Cl][Pt]([Cl])([Cl])[Cl].[Cl][Pt][Cl].[K][K]. The van der Waals surface area contributed by atoms with Crippen molar-refractivity contribution in [2.45, 2.75) is 96.7 Å². The third-order valence-corrected chi connectivity index (χ3v) is 4.03. The van der Waals surface area contributed by atoms with Crippen LogP contribution in [0.2, 0.25) is 0 Å². The zero-order chi connectivity index (χ0) is 33.8. The van der Waals surface area contributed by atoms with E-state index in [4.69, 9.17) is 72.3 Å². The summed E-state index contributed by atoms with van der Waals surface area (Å²) < 4.78 is 0. The molecule has 0 radical (unpaired) electrons. The van der Waals surface area contributed by atoms with E-state index in [1.165, 1.54) is 105 Å². The summed E-state index contributed by atoms with van der Waals surface area (Å²) in [5.74, 6) is 0. The first-order valence-corrected chi connectivity index (χ1v) is 43.7. The second-order valence-corrected chi connectivity index (χ2v) is 31.5. The van der Waals surface area contributed by atoms with E-state index in [9.17, 15) is 30.3 Å². The van der Waals surface area contributed by atoms with Gasteiger partial charge >= 0.3 is 148 Å². The number of halogens is 6. The minimum absolute atomic E-state index is 0. The van der Waals surface area contributed by atoms with Crippen molar-refractivity contribution in [1.82, 2.24) is 0 Å². The molecule has 0 fully saturated rings. The summed E-state index contributed by atoms with van der Waals surface area (Å²) in [7, 11) is 29.8. The Labute approximate surface area is 322 Å². The molecule has 2 N–H and O–H groups in total. The van der Waals surface area contributed by atoms with Crippen molar-refractivity contribution in [2.75, 3.05) is 0 Å². The van der Waals surface area contributed by atoms with E-state index in [0.29, 0.717) is 19.3 Å². The van der Waals surface area contributed by atoms with Crippen LogP contribution in [0.1, 0.15) is 80.1 Å². The predicted octanol–water partition coefficient (Wildman–Crippen LogP) is 6.58. The van der Waals surface area contributed by atoms with Crippen molar-refractivity contribution >= 4 is 120 Å². The van der Waals surface area contributed by atoms with Gasteiger partial charge in [0.15, 0.2) is 0 Å². The molecule has 0 aliphatic carbocycles. The van der Waals surface area contributed by atoms with Gasteiger partial charge in [0, 0.05) is 94.8 Å². The van der Waals surface area contributed by atoms with Crippen LogP contribution in [0, 0.1) is 64.3 Å². The third-order valence-electron chi connectivity index (χ3n) is 4.03. The summed E-state index contributed by atoms with van der Waals surface area (Å²) in [6, 6.07) is 5.62. The molecule has 0 unspecified atom stereocenters. The minimum atomic E-state index is -3.06. The van der Waals surface area contributed by atoms with Gasteiger partial charge in [-0.05, 0) is 0 Å². The van der Waals surface area contributed by atoms with Crippen molar-refractivity contribution < 1.29 is 48.6 Å². The number of rotatable bonds is 9. The standard InChI is InChI=1S/3C6H10N2O2.6ClH.2K.H2O.2Pt/c3*1-6(2,8(9)10)4-3-5-7;;;;;;;;;;;/h3*3-4H2,1-2H3;6*1H;;;1H2;;/q;;;;;;;;;;;;+2;+4/p-6. The normalized spacial score (nSPS) is 10.3. The van der Waals surface area contributed by atoms with Crippen LogP contribution in [-0.4, -0.2) is 100 Å². The number of nitriles is 3. The second kappa shape index (κ2) is 35.9. The van der Waals surface area contributed by atoms with Crippen LogP contribution in [-0.2, 0) is 28.4 Å². The molecule has 240 valence electrons. The Kier molecular flexibility index (Phi) is 52.0. The molecule has 41 heavy (non-hydrogen) atoms. The summed E-state index contributed by atoms with van der Waals surface area (Å²) >= 11 is -1.03. The molecule has 0 aromatic heterocycles. The fourth-order valence-corrected chi connectivity index (χ4v) is 1.36. The molecule has 0 aromatic carbocycles. The second-order valence-electron chi connectivity index (χ2n) is 8.50. The summed E-state index contributed by atoms with van der Waals surface area (Å²) in [5, 5.41) is 55.1. The van der Waals surface area contributed by atoms with Gasteiger partial charge in [0.2, 0.25) is 16.6 Å². The maximum atomic E-state index is 10.2. The van der Waals surface area contributed by atoms with Crippen molar-refractivity contribution in [3.8, 4) is 18.2 Å². The molecule has 0 aliphatic rings. The topological polar surface area (TPSA) is 232 Å². The average molecular weight is 1130 g/mol. The molecule has 0 atom stereocenters. The van der Waals surface area contributed by atoms with Crippen LogP contribution in [0.3, 0.4) is 0 Å². The Morgan fingerprint density at radius 3 is 0.854 bits per heavy atom. The zero-order valence-corrected chi connectivity index (χ0v) is 39.1. The molecule has 0 rings (SSSR count). The van der Waals surface area contributed by atoms with Crippen LogP contribution < -0.4 is 0 Å². The molecule has 13 nitrogen and oxygen atoms in total. The molecule has 0 spiro atoms. The van der Waals surface area contributed by atoms with E-state index in [1.54, 1.807) is 0 Å². The van der Waals surface area contributed by atoms with E-state index in [1.807, 2.05) is 18.2 Å². The molecule has 0 bridgehead atoms. The predicted molar refractivity (Wildman–Crippen MR) is 158 cm³/mol. The van der Waals surface area contributed by atoms with Gasteiger partial charge in [-0.3, -0.25) is 30.3 Å². The third kappa shape index (κ3) is 55.8. The first-order valence-electron chi connectivity index (χ1n) is 10.8. The monoisotopic (exact) mass is 1120 g/mol. The number of nitrogens with zero attached hydrogens (tertiary/aromatic N) is 6. The van der Waals surface area contributed by atoms with E-state index >= 15 is 0 Å². The van der Waals surface area contributed by atoms with Gasteiger partial charge in [0.1, 0.15) is 0 Å². The maximum absolute atomic E-state index is 10.2. The Hall–Kier alpha value is 3.02. The molecule has 0 aliphatic heterocycles. The summed E-state index contributed by atoms with van der Waals surface area (Å²) in [5.41, 5.74) is -2.85. The molecule has 0 aromatic rings. The fourth-order valence-electron chi connectivity index (χ4n) is 1.36. The fraction of sp³-hybridized carbons (Fsp3) is 0.833. The molecule has 0 heterocycles. The first kappa shape index (κ1) is 59.4. The molecule has 0 saturated heterocycles. The number of hydrogen-bond acceptors (Lipinski definition) is 9. The van der Waals surface area contributed by atoms with Gasteiger partial charge in [0.25, 0.3) is 0 Å². The van der Waals surface area contributed by atoms with E-state index in [2.05, 4.69) is 0 Å². The Morgan fingerprint density at radius 2 is 0.780 bits per heavy atom. The number of nitro groups is 3. The van der Waals surface area contributed by atoms with Gasteiger partial charge in [-0.15, -0.1) is 0 Å². The van der Waals surface area contributed by atoms with Crippen LogP contribution in [0.25, 0.3) is 0 Å². The number of hydrogen-bond donors (Lipinski definition) is 0. The van der Waals surface area contributed by atoms with Gasteiger partial charge < -0.3 is 5.48 Å². The van der Waals surface area contributed by atoms with Crippen molar-refractivity contribution in [3.63, 3.8) is 0 Å². The van der Waals surface area contributed by atoms with E-state index in [0.717, 1.165) is 0 Å². The Bertz CT molecular complexity index is 740. The average Bonchev–Trinajstić information content (AvgIpc) is 2.81. The van der Waals surface area contributed by atoms with Crippen LogP contribution in [0.5, 0.6) is 0 Å². The molecule has 23 heteroatoms. The quantitative estimate of drug-likeness (QED) is 0.138. The molecular weight excluding hydrogens is 1090 g/mol. The molecular formula is C18H32Cl6K2N6O7Pt2. The van der Waals surface area contributed by atoms with E-state index in [-0.39, 0.29) is 39.5 Å². The summed E-state index contributed by atoms with van der Waals surface area (Å²) in [6.07, 6.45) is 1.68. The van der Waals surface area contributed by atoms with Crippen LogP contribution >= 0.6 is 56.5 Å². The van der Waals surface area contributed by atoms with E-state index < -0.39 is 45.0 Å². The summed E-state index contributed by atoms with van der Waals surface area (Å²) in [4.78, 5) is 29.6. The van der Waals surface area contributed by atoms with Gasteiger partial charge in [-0.2, -0.15) is 15.8 Å². The van der Waals surface area contributed by atoms with Crippen molar-refractivity contribution in [3.05, 3.63) is 30.3 Å².